The Morgan fingerprint density at radius 3 is 1.25 bits per heavy atom. The predicted octanol–water partition coefficient (Wildman–Crippen LogP) is 21.5. The molecule has 0 bridgehead atoms. The number of Topliss-reactive ketones (excluding diaryl/α,β-unsaturated/α-hetero) is 2. The first-order valence-corrected chi connectivity index (χ1v) is 44.4. The van der Waals surface area contributed by atoms with E-state index in [0.29, 0.717) is 67.0 Å². The molecule has 0 aromatic heterocycles. The standard InChI is InChI=1S/C38H59NO2.C22H28.C19H35NO2.S8/c1-29(2)15-14-26-39-38(41)25-24-34(28-37(40)30(3)4)27-33(23-22-32(6)36-20-11-8-12-21-36)17-13-16-31(5)35-18-9-7-10-19-35;1-19(21-15-9-5-10-16-21)13-7-3-4-8-14-20(2)22-17-11-6-12-18-22;1-16(2)12-8-6-5-7-11-15-20-19(22)14-10-9-13-18(21)17(3)4;1-3-5-7-8-6-4-2/h7-12,18-21,29-34H,13-17,22-28H2,1-6H3,(H,39,41);3-6,9-12,15-20H,7-8,13-14H2,1-2H3;9-10,16-17H,5-8,11-15H2,1-4H3,(H,20,22);/b;4-3-;10-9+;. The third-order valence-electron chi connectivity index (χ3n) is 17.1. The molecule has 6 unspecified atom stereocenters. The molecule has 14 heteroatoms. The predicted molar refractivity (Wildman–Crippen MR) is 425 cm³/mol. The van der Waals surface area contributed by atoms with Crippen LogP contribution in [0.4, 0.5) is 0 Å². The highest BCUT2D eigenvalue weighted by molar-refractivity contribution is 8.70. The lowest BCUT2D eigenvalue weighted by Crippen LogP contribution is -2.26. The average Bonchev–Trinajstić information content (AvgIpc) is 3.34. The van der Waals surface area contributed by atoms with E-state index in [4.69, 9.17) is 0 Å². The van der Waals surface area contributed by atoms with Gasteiger partial charge >= 0.3 is 0 Å². The van der Waals surface area contributed by atoms with Crippen molar-refractivity contribution < 1.29 is 19.2 Å². The van der Waals surface area contributed by atoms with Crippen LogP contribution in [0.3, 0.4) is 0 Å². The number of unbranched alkanes of at least 4 members (excludes halogenated alkanes) is 4. The second-order valence-electron chi connectivity index (χ2n) is 26.8. The fourth-order valence-electron chi connectivity index (χ4n) is 10.9. The molecule has 0 aliphatic heterocycles. The number of rotatable bonds is 42. The van der Waals surface area contributed by atoms with Crippen molar-refractivity contribution in [2.45, 2.75) is 254 Å². The van der Waals surface area contributed by atoms with Crippen LogP contribution in [-0.2, 0) is 94.8 Å². The second kappa shape index (κ2) is 58.5. The van der Waals surface area contributed by atoms with Crippen molar-refractivity contribution in [3.05, 3.63) is 168 Å². The first-order valence-electron chi connectivity index (χ1n) is 35.1. The molecule has 0 saturated heterocycles. The molecule has 2 N–H and O–H groups in total. The Kier molecular flexibility index (Phi) is 55.0. The monoisotopic (exact) mass is 1420 g/mol. The SMILES string of the molecule is CC(C)CCCCCCCNC(=O)C/C=C/CC(=O)C(C)C.CC(C)CCCNC(=O)CCC(CC(=O)C(C)C)CC(CCCC(C)c1ccccc1)CCC(C)c1ccccc1.CC(CC/C=C\CCC(C)c1ccccc1)c1ccccc1.S=S=S=S=S=S=S=S. The lowest BCUT2D eigenvalue weighted by atomic mass is 9.79. The molecule has 6 atom stereocenters. The van der Waals surface area contributed by atoms with E-state index in [9.17, 15) is 19.2 Å². The summed E-state index contributed by atoms with van der Waals surface area (Å²) in [7, 11) is 9.12. The van der Waals surface area contributed by atoms with E-state index in [1.165, 1.54) is 123 Å². The molecule has 0 saturated carbocycles. The highest BCUT2D eigenvalue weighted by Gasteiger charge is 2.23. The van der Waals surface area contributed by atoms with Gasteiger partial charge in [-0.1, -0.05) is 274 Å². The molecule has 0 fully saturated rings. The summed E-state index contributed by atoms with van der Waals surface area (Å²) in [6.45, 7) is 27.6. The van der Waals surface area contributed by atoms with Crippen LogP contribution in [0.2, 0.25) is 0 Å². The van der Waals surface area contributed by atoms with E-state index in [1.807, 2.05) is 27.7 Å². The van der Waals surface area contributed by atoms with Crippen LogP contribution < -0.4 is 10.6 Å². The summed E-state index contributed by atoms with van der Waals surface area (Å²) >= 11 is 9.21. The minimum Gasteiger partial charge on any atom is -0.356 e. The zero-order valence-electron chi connectivity index (χ0n) is 59.2. The number of allylic oxidation sites excluding steroid dienone is 3. The number of nitrogens with one attached hydrogen (secondary N) is 2. The second-order valence-corrected chi connectivity index (χ2v) is 37.4. The molecule has 0 spiro atoms. The summed E-state index contributed by atoms with van der Waals surface area (Å²) in [4.78, 5) is 48.5. The Morgan fingerprint density at radius 2 is 0.785 bits per heavy atom. The summed E-state index contributed by atoms with van der Waals surface area (Å²) in [5.74, 6) is 5.54. The molecule has 6 nitrogen and oxygen atoms in total. The summed E-state index contributed by atoms with van der Waals surface area (Å²) in [6, 6.07) is 43.3. The van der Waals surface area contributed by atoms with Crippen LogP contribution in [0.25, 0.3) is 0 Å². The van der Waals surface area contributed by atoms with Gasteiger partial charge in [0.25, 0.3) is 0 Å². The quantitative estimate of drug-likeness (QED) is 0.0339. The van der Waals surface area contributed by atoms with Gasteiger partial charge in [-0.05, 0) is 147 Å². The molecule has 4 aromatic carbocycles. The number of benzene rings is 4. The largest absolute Gasteiger partial charge is 0.356 e. The Balaban J connectivity index is 0.000000702. The number of hydrogen-bond donors (Lipinski definition) is 2. The molecular weight excluding hydrogens is 1300 g/mol. The molecule has 520 valence electrons. The van der Waals surface area contributed by atoms with Crippen LogP contribution in [-0.4, -0.2) is 36.5 Å². The van der Waals surface area contributed by atoms with Gasteiger partial charge < -0.3 is 10.6 Å². The Labute approximate surface area is 594 Å². The Morgan fingerprint density at radius 1 is 0.376 bits per heavy atom. The van der Waals surface area contributed by atoms with Crippen LogP contribution in [0.1, 0.15) is 277 Å². The van der Waals surface area contributed by atoms with Gasteiger partial charge in [0.05, 0.1) is 0 Å². The van der Waals surface area contributed by atoms with E-state index in [0.717, 1.165) is 57.5 Å². The van der Waals surface area contributed by atoms with Gasteiger partial charge in [-0.25, -0.2) is 0 Å². The van der Waals surface area contributed by atoms with Gasteiger partial charge in [0, 0.05) is 126 Å². The van der Waals surface area contributed by atoms with Crippen molar-refractivity contribution in [2.24, 2.45) is 35.5 Å². The number of carbonyl (C=O) groups excluding carboxylic acids is 4. The molecule has 4 aromatic rings. The van der Waals surface area contributed by atoms with Gasteiger partial charge in [-0.15, -0.1) is 0 Å². The highest BCUT2D eigenvalue weighted by Crippen LogP contribution is 2.34. The maximum atomic E-state index is 12.9. The van der Waals surface area contributed by atoms with Crippen molar-refractivity contribution in [1.29, 1.82) is 0 Å². The lowest BCUT2D eigenvalue weighted by molar-refractivity contribution is -0.124. The molecule has 0 aliphatic carbocycles. The van der Waals surface area contributed by atoms with E-state index < -0.39 is 0 Å². The van der Waals surface area contributed by atoms with E-state index in [2.05, 4.69) is 222 Å². The van der Waals surface area contributed by atoms with Crippen molar-refractivity contribution >= 4 is 99.0 Å². The molecule has 0 radical (unpaired) electrons. The third kappa shape index (κ3) is 49.6. The lowest BCUT2D eigenvalue weighted by Gasteiger charge is -2.26. The maximum absolute atomic E-state index is 12.9. The van der Waals surface area contributed by atoms with Gasteiger partial charge in [-0.2, -0.15) is 0 Å². The zero-order valence-corrected chi connectivity index (χ0v) is 65.7. The molecule has 2 amide bonds. The minimum absolute atomic E-state index is 0.0469. The Bertz CT molecular complexity index is 2800. The normalized spacial score (nSPS) is 13.0. The van der Waals surface area contributed by atoms with E-state index in [-0.39, 0.29) is 35.4 Å². The summed E-state index contributed by atoms with van der Waals surface area (Å²) in [5, 5.41) is 6.05. The van der Waals surface area contributed by atoms with Crippen molar-refractivity contribution in [2.75, 3.05) is 13.1 Å². The third-order valence-corrected chi connectivity index (χ3v) is 28.3. The molecule has 93 heavy (non-hydrogen) atoms. The summed E-state index contributed by atoms with van der Waals surface area (Å²) in [5.41, 5.74) is 5.73. The van der Waals surface area contributed by atoms with Crippen LogP contribution in [0.5, 0.6) is 0 Å². The van der Waals surface area contributed by atoms with E-state index in [1.54, 1.807) is 47.7 Å². The number of amides is 2. The smallest absolute Gasteiger partial charge is 0.223 e. The molecule has 0 aliphatic rings. The molecule has 4 rings (SSSR count). The van der Waals surface area contributed by atoms with E-state index >= 15 is 0 Å². The first-order chi connectivity index (χ1) is 44.8. The number of carbonyl (C=O) groups is 4. The first kappa shape index (κ1) is 87.4. The van der Waals surface area contributed by atoms with Gasteiger partial charge in [0.2, 0.25) is 11.8 Å². The van der Waals surface area contributed by atoms with Gasteiger partial charge in [0.15, 0.2) is 0 Å². The summed E-state index contributed by atoms with van der Waals surface area (Å²) < 4.78 is 0. The number of ketones is 2. The number of hydrogen-bond acceptors (Lipinski definition) is 6. The zero-order chi connectivity index (χ0) is 68.7. The van der Waals surface area contributed by atoms with Crippen molar-refractivity contribution in [1.82, 2.24) is 10.6 Å². The minimum atomic E-state index is 0.0469. The topological polar surface area (TPSA) is 92.3 Å². The van der Waals surface area contributed by atoms with Crippen LogP contribution in [0, 0.1) is 35.5 Å². The fraction of sp³-hybridized carbons (Fsp3) is 0.595. The fourth-order valence-corrected chi connectivity index (χ4v) is 21.9. The Hall–Kier alpha value is -3.60. The van der Waals surface area contributed by atoms with Crippen LogP contribution in [0.15, 0.2) is 146 Å². The maximum Gasteiger partial charge on any atom is 0.223 e. The summed E-state index contributed by atoms with van der Waals surface area (Å²) in [6.07, 6.45) is 32.4. The van der Waals surface area contributed by atoms with Crippen molar-refractivity contribution in [3.63, 3.8) is 0 Å². The van der Waals surface area contributed by atoms with Crippen LogP contribution >= 0.6 is 0 Å². The van der Waals surface area contributed by atoms with Gasteiger partial charge in [0.1, 0.15) is 11.6 Å². The van der Waals surface area contributed by atoms with Crippen molar-refractivity contribution in [3.8, 4) is 0 Å². The molecular formula is C79H122N2O4S8. The molecule has 0 heterocycles. The average molecular weight is 1420 g/mol. The van der Waals surface area contributed by atoms with Gasteiger partial charge in [-0.3, -0.25) is 19.2 Å². The highest BCUT2D eigenvalue weighted by atomic mass is 33.4.